The molecule has 0 saturated carbocycles. The van der Waals surface area contributed by atoms with E-state index in [0.29, 0.717) is 6.54 Å². The van der Waals surface area contributed by atoms with Crippen molar-refractivity contribution in [2.75, 3.05) is 18.1 Å². The van der Waals surface area contributed by atoms with Crippen LogP contribution in [0.3, 0.4) is 0 Å². The van der Waals surface area contributed by atoms with E-state index in [0.717, 1.165) is 33.5 Å². The van der Waals surface area contributed by atoms with Gasteiger partial charge in [0.25, 0.3) is 0 Å². The lowest BCUT2D eigenvalue weighted by Gasteiger charge is -2.24. The van der Waals surface area contributed by atoms with Gasteiger partial charge in [-0.3, -0.25) is 9.59 Å². The van der Waals surface area contributed by atoms with Crippen LogP contribution in [-0.4, -0.2) is 42.3 Å². The number of amides is 2. The fourth-order valence-electron chi connectivity index (χ4n) is 5.17. The van der Waals surface area contributed by atoms with Gasteiger partial charge in [-0.1, -0.05) is 73.7 Å². The molecule has 5 rings (SSSR count). The highest BCUT2D eigenvalue weighted by Crippen LogP contribution is 2.44. The topological polar surface area (TPSA) is 95.9 Å². The van der Waals surface area contributed by atoms with Crippen molar-refractivity contribution in [3.05, 3.63) is 89.5 Å². The molecule has 0 saturated heterocycles. The maximum absolute atomic E-state index is 13.3. The van der Waals surface area contributed by atoms with Crippen molar-refractivity contribution in [3.8, 4) is 11.1 Å². The number of hydrogen-bond donors (Lipinski definition) is 2. The van der Waals surface area contributed by atoms with Crippen molar-refractivity contribution in [1.29, 1.82) is 0 Å². The Balaban J connectivity index is 1.30. The smallest absolute Gasteiger partial charge is 0.407 e. The van der Waals surface area contributed by atoms with Crippen LogP contribution in [0, 0.1) is 0 Å². The second kappa shape index (κ2) is 9.25. The maximum atomic E-state index is 13.3. The standard InChI is InChI=1S/C28H26N2O5/c1-17-15-30(25-13-7-6-8-18(17)25)27(33)24(14-26(31)32)29-28(34)35-16-23-21-11-4-2-9-19(21)20-10-3-5-12-22(20)23/h2-13,17,23-24H,14-16H2,1H3,(H,29,34)(H,31,32). The third-order valence-electron chi connectivity index (χ3n) is 6.79. The summed E-state index contributed by atoms with van der Waals surface area (Å²) in [5.74, 6) is -1.65. The zero-order chi connectivity index (χ0) is 24.5. The van der Waals surface area contributed by atoms with Crippen LogP contribution < -0.4 is 10.2 Å². The minimum absolute atomic E-state index is 0.0808. The van der Waals surface area contributed by atoms with Gasteiger partial charge in [-0.2, -0.15) is 0 Å². The molecule has 2 unspecified atom stereocenters. The molecule has 0 radical (unpaired) electrons. The van der Waals surface area contributed by atoms with Crippen molar-refractivity contribution in [1.82, 2.24) is 5.32 Å². The van der Waals surface area contributed by atoms with Gasteiger partial charge in [0.2, 0.25) is 5.91 Å². The first-order valence-electron chi connectivity index (χ1n) is 11.7. The number of para-hydroxylation sites is 1. The number of carbonyl (C=O) groups is 3. The van der Waals surface area contributed by atoms with Gasteiger partial charge in [0, 0.05) is 24.1 Å². The van der Waals surface area contributed by atoms with E-state index in [4.69, 9.17) is 4.74 Å². The van der Waals surface area contributed by atoms with Gasteiger partial charge in [0.1, 0.15) is 12.6 Å². The lowest BCUT2D eigenvalue weighted by molar-refractivity contribution is -0.139. The minimum Gasteiger partial charge on any atom is -0.481 e. The van der Waals surface area contributed by atoms with E-state index < -0.39 is 30.4 Å². The highest BCUT2D eigenvalue weighted by atomic mass is 16.5. The van der Waals surface area contributed by atoms with Gasteiger partial charge >= 0.3 is 12.1 Å². The van der Waals surface area contributed by atoms with Gasteiger partial charge in [0.15, 0.2) is 0 Å². The summed E-state index contributed by atoms with van der Waals surface area (Å²) in [6.45, 7) is 2.52. The molecule has 2 aliphatic rings. The fraction of sp³-hybridized carbons (Fsp3) is 0.250. The number of rotatable bonds is 6. The third kappa shape index (κ3) is 4.25. The highest BCUT2D eigenvalue weighted by Gasteiger charge is 2.36. The first-order valence-corrected chi connectivity index (χ1v) is 11.7. The van der Waals surface area contributed by atoms with Crippen LogP contribution in [0.5, 0.6) is 0 Å². The summed E-state index contributed by atoms with van der Waals surface area (Å²) < 4.78 is 5.54. The number of aliphatic carboxylic acids is 1. The molecule has 1 aliphatic carbocycles. The summed E-state index contributed by atoms with van der Waals surface area (Å²) in [5, 5.41) is 11.9. The summed E-state index contributed by atoms with van der Waals surface area (Å²) in [5.41, 5.74) is 6.13. The zero-order valence-electron chi connectivity index (χ0n) is 19.3. The molecule has 0 spiro atoms. The Labute approximate surface area is 203 Å². The van der Waals surface area contributed by atoms with Gasteiger partial charge in [-0.25, -0.2) is 4.79 Å². The lowest BCUT2D eigenvalue weighted by Crippen LogP contribution is -2.49. The van der Waals surface area contributed by atoms with Crippen molar-refractivity contribution < 1.29 is 24.2 Å². The SMILES string of the molecule is CC1CN(C(=O)C(CC(=O)O)NC(=O)OCC2c3ccccc3-c3ccccc32)c2ccccc21. The molecule has 0 fully saturated rings. The number of carboxylic acid groups (broad SMARTS) is 1. The number of ether oxygens (including phenoxy) is 1. The summed E-state index contributed by atoms with van der Waals surface area (Å²) in [6.07, 6.45) is -1.34. The predicted octanol–water partition coefficient (Wildman–Crippen LogP) is 4.52. The van der Waals surface area contributed by atoms with Crippen molar-refractivity contribution in [2.24, 2.45) is 0 Å². The highest BCUT2D eigenvalue weighted by molar-refractivity contribution is 6.02. The number of alkyl carbamates (subject to hydrolysis) is 1. The molecule has 35 heavy (non-hydrogen) atoms. The minimum atomic E-state index is -1.23. The first-order chi connectivity index (χ1) is 16.9. The maximum Gasteiger partial charge on any atom is 0.407 e. The number of nitrogens with zero attached hydrogens (tertiary/aromatic N) is 1. The Bertz CT molecular complexity index is 1260. The van der Waals surface area contributed by atoms with E-state index in [1.54, 1.807) is 4.90 Å². The van der Waals surface area contributed by atoms with E-state index in [-0.39, 0.29) is 18.4 Å². The van der Waals surface area contributed by atoms with Crippen LogP contribution >= 0.6 is 0 Å². The van der Waals surface area contributed by atoms with Crippen molar-refractivity contribution in [2.45, 2.75) is 31.2 Å². The quantitative estimate of drug-likeness (QED) is 0.552. The molecule has 7 nitrogen and oxygen atoms in total. The van der Waals surface area contributed by atoms with Gasteiger partial charge in [-0.15, -0.1) is 0 Å². The largest absolute Gasteiger partial charge is 0.481 e. The van der Waals surface area contributed by atoms with E-state index in [2.05, 4.69) is 5.32 Å². The normalized spacial score (nSPS) is 16.7. The summed E-state index contributed by atoms with van der Waals surface area (Å²) in [7, 11) is 0. The zero-order valence-corrected chi connectivity index (χ0v) is 19.3. The average Bonchev–Trinajstić information content (AvgIpc) is 3.37. The lowest BCUT2D eigenvalue weighted by atomic mass is 9.98. The van der Waals surface area contributed by atoms with Crippen molar-refractivity contribution in [3.63, 3.8) is 0 Å². The van der Waals surface area contributed by atoms with Crippen molar-refractivity contribution >= 4 is 23.7 Å². The molecule has 2 amide bonds. The number of nitrogens with one attached hydrogen (secondary N) is 1. The fourth-order valence-corrected chi connectivity index (χ4v) is 5.17. The molecule has 2 atom stereocenters. The second-order valence-electron chi connectivity index (χ2n) is 9.03. The van der Waals surface area contributed by atoms with Gasteiger partial charge in [-0.05, 0) is 33.9 Å². The number of hydrogen-bond acceptors (Lipinski definition) is 4. The van der Waals surface area contributed by atoms with E-state index in [1.165, 1.54) is 0 Å². The van der Waals surface area contributed by atoms with E-state index in [9.17, 15) is 19.5 Å². The predicted molar refractivity (Wildman–Crippen MR) is 131 cm³/mol. The van der Waals surface area contributed by atoms with Crippen LogP contribution in [0.4, 0.5) is 10.5 Å². The monoisotopic (exact) mass is 470 g/mol. The third-order valence-corrected chi connectivity index (χ3v) is 6.79. The van der Waals surface area contributed by atoms with Crippen LogP contribution in [-0.2, 0) is 14.3 Å². The molecule has 0 aromatic heterocycles. The number of carbonyl (C=O) groups excluding carboxylic acids is 2. The second-order valence-corrected chi connectivity index (χ2v) is 9.03. The van der Waals surface area contributed by atoms with Gasteiger partial charge in [0.05, 0.1) is 6.42 Å². The number of carboxylic acids is 1. The molecule has 0 bridgehead atoms. The number of anilines is 1. The van der Waals surface area contributed by atoms with E-state index >= 15 is 0 Å². The average molecular weight is 471 g/mol. The van der Waals surface area contributed by atoms with E-state index in [1.807, 2.05) is 79.7 Å². The number of benzene rings is 3. The summed E-state index contributed by atoms with van der Waals surface area (Å²) >= 11 is 0. The first kappa shape index (κ1) is 22.7. The Hall–Kier alpha value is -4.13. The summed E-state index contributed by atoms with van der Waals surface area (Å²) in [4.78, 5) is 39.1. The van der Waals surface area contributed by atoms with Crippen LogP contribution in [0.1, 0.15) is 41.9 Å². The molecule has 1 heterocycles. The molecule has 3 aromatic rings. The molecular formula is C28H26N2O5. The molecule has 1 aliphatic heterocycles. The number of fused-ring (bicyclic) bond motifs is 4. The Morgan fingerprint density at radius 3 is 2.14 bits per heavy atom. The Morgan fingerprint density at radius 2 is 1.51 bits per heavy atom. The Kier molecular flexibility index (Phi) is 5.99. The summed E-state index contributed by atoms with van der Waals surface area (Å²) in [6, 6.07) is 22.3. The van der Waals surface area contributed by atoms with Crippen LogP contribution in [0.2, 0.25) is 0 Å². The molecule has 2 N–H and O–H groups in total. The molecular weight excluding hydrogens is 444 g/mol. The Morgan fingerprint density at radius 1 is 0.943 bits per heavy atom. The molecule has 7 heteroatoms. The molecule has 3 aromatic carbocycles. The van der Waals surface area contributed by atoms with Gasteiger partial charge < -0.3 is 20.1 Å². The van der Waals surface area contributed by atoms with Crippen LogP contribution in [0.25, 0.3) is 11.1 Å². The molecule has 178 valence electrons. The van der Waals surface area contributed by atoms with Crippen LogP contribution in [0.15, 0.2) is 72.8 Å².